The van der Waals surface area contributed by atoms with Crippen LogP contribution in [0.3, 0.4) is 0 Å². The van der Waals surface area contributed by atoms with Crippen LogP contribution in [0.5, 0.6) is 5.75 Å². The lowest BCUT2D eigenvalue weighted by Crippen LogP contribution is -2.41. The van der Waals surface area contributed by atoms with Crippen molar-refractivity contribution < 1.29 is 31.5 Å². The summed E-state index contributed by atoms with van der Waals surface area (Å²) in [5.74, 6) is -0.558. The second kappa shape index (κ2) is 6.67. The molecule has 1 radical (unpaired) electrons. The molecule has 2 nitrogen and oxygen atoms in total. The molecule has 111 valence electrons. The molecule has 0 saturated carbocycles. The number of aryl methyl sites for hydroxylation is 1. The van der Waals surface area contributed by atoms with Crippen molar-refractivity contribution in [2.24, 2.45) is 0 Å². The SMILES string of the molecule is O=[C]CCCCc1ccc(OC(F)(F)C(F)(F)F)cc1. The monoisotopic (exact) mass is 295 g/mol. The molecule has 0 spiro atoms. The van der Waals surface area contributed by atoms with Crippen molar-refractivity contribution in [1.82, 2.24) is 0 Å². The zero-order chi connectivity index (χ0) is 15.2. The summed E-state index contributed by atoms with van der Waals surface area (Å²) >= 11 is 0. The third-order valence-electron chi connectivity index (χ3n) is 2.49. The maximum Gasteiger partial charge on any atom is 0.499 e. The van der Waals surface area contributed by atoms with Gasteiger partial charge in [-0.2, -0.15) is 22.0 Å². The maximum atomic E-state index is 12.6. The topological polar surface area (TPSA) is 26.3 Å². The summed E-state index contributed by atoms with van der Waals surface area (Å²) in [6.07, 6.45) is -6.96. The lowest BCUT2D eigenvalue weighted by Gasteiger charge is -2.20. The van der Waals surface area contributed by atoms with Crippen LogP contribution in [0.1, 0.15) is 24.8 Å². The minimum absolute atomic E-state index is 0.318. The summed E-state index contributed by atoms with van der Waals surface area (Å²) in [4.78, 5) is 9.97. The molecule has 0 saturated heterocycles. The predicted molar refractivity (Wildman–Crippen MR) is 61.3 cm³/mol. The fourth-order valence-electron chi connectivity index (χ4n) is 1.46. The van der Waals surface area contributed by atoms with Gasteiger partial charge in [-0.05, 0) is 37.0 Å². The van der Waals surface area contributed by atoms with E-state index in [1.807, 2.05) is 0 Å². The van der Waals surface area contributed by atoms with Crippen molar-refractivity contribution in [3.8, 4) is 5.75 Å². The Morgan fingerprint density at radius 3 is 2.10 bits per heavy atom. The van der Waals surface area contributed by atoms with Gasteiger partial charge in [0.15, 0.2) is 6.29 Å². The molecule has 0 N–H and O–H groups in total. The van der Waals surface area contributed by atoms with Gasteiger partial charge in [0, 0.05) is 6.42 Å². The first-order chi connectivity index (χ1) is 9.26. The normalized spacial score (nSPS) is 12.2. The van der Waals surface area contributed by atoms with Crippen LogP contribution in [-0.4, -0.2) is 18.6 Å². The van der Waals surface area contributed by atoms with Crippen LogP contribution >= 0.6 is 0 Å². The van der Waals surface area contributed by atoms with Gasteiger partial charge in [0.25, 0.3) is 0 Å². The Bertz CT molecular complexity index is 425. The molecular formula is C13H12F5O2. The number of rotatable bonds is 7. The van der Waals surface area contributed by atoms with Gasteiger partial charge in [0.2, 0.25) is 0 Å². The van der Waals surface area contributed by atoms with E-state index in [9.17, 15) is 26.7 Å². The first-order valence-corrected chi connectivity index (χ1v) is 5.84. The number of halogens is 5. The summed E-state index contributed by atoms with van der Waals surface area (Å²) in [5.41, 5.74) is 0.763. The average molecular weight is 295 g/mol. The van der Waals surface area contributed by atoms with Gasteiger partial charge in [0.1, 0.15) is 5.75 Å². The number of hydrogen-bond donors (Lipinski definition) is 0. The molecule has 7 heteroatoms. The van der Waals surface area contributed by atoms with Gasteiger partial charge in [-0.3, -0.25) is 4.79 Å². The van der Waals surface area contributed by atoms with Gasteiger partial charge in [-0.15, -0.1) is 0 Å². The lowest BCUT2D eigenvalue weighted by molar-refractivity contribution is -0.360. The molecule has 1 aromatic carbocycles. The van der Waals surface area contributed by atoms with Crippen molar-refractivity contribution in [1.29, 1.82) is 0 Å². The molecule has 0 aromatic heterocycles. The van der Waals surface area contributed by atoms with E-state index in [2.05, 4.69) is 4.74 Å². The Morgan fingerprint density at radius 2 is 1.60 bits per heavy atom. The third kappa shape index (κ3) is 4.79. The van der Waals surface area contributed by atoms with Gasteiger partial charge < -0.3 is 4.74 Å². The lowest BCUT2D eigenvalue weighted by atomic mass is 10.1. The zero-order valence-electron chi connectivity index (χ0n) is 10.3. The van der Waals surface area contributed by atoms with E-state index in [1.165, 1.54) is 12.1 Å². The fraction of sp³-hybridized carbons (Fsp3) is 0.462. The van der Waals surface area contributed by atoms with Crippen LogP contribution in [-0.2, 0) is 11.2 Å². The number of carbonyl (C=O) groups excluding carboxylic acids is 1. The molecule has 0 aliphatic rings. The highest BCUT2D eigenvalue weighted by Gasteiger charge is 2.61. The van der Waals surface area contributed by atoms with Crippen molar-refractivity contribution in [3.63, 3.8) is 0 Å². The largest absolute Gasteiger partial charge is 0.499 e. The number of alkyl halides is 5. The van der Waals surface area contributed by atoms with E-state index >= 15 is 0 Å². The number of benzene rings is 1. The average Bonchev–Trinajstić information content (AvgIpc) is 2.35. The summed E-state index contributed by atoms with van der Waals surface area (Å²) in [7, 11) is 0. The van der Waals surface area contributed by atoms with Crippen molar-refractivity contribution in [2.45, 2.75) is 38.0 Å². The molecule has 0 amide bonds. The minimum Gasteiger partial charge on any atom is -0.426 e. The molecule has 1 aromatic rings. The third-order valence-corrected chi connectivity index (χ3v) is 2.49. The molecule has 0 bridgehead atoms. The highest BCUT2D eigenvalue weighted by atomic mass is 19.4. The predicted octanol–water partition coefficient (Wildman–Crippen LogP) is 4.04. The number of unbranched alkanes of at least 4 members (excludes halogenated alkanes) is 2. The summed E-state index contributed by atoms with van der Waals surface area (Å²) < 4.78 is 64.7. The Kier molecular flexibility index (Phi) is 5.47. The van der Waals surface area contributed by atoms with E-state index in [4.69, 9.17) is 0 Å². The molecule has 1 rings (SSSR count). The molecule has 0 fully saturated rings. The van der Waals surface area contributed by atoms with Crippen LogP contribution in [0, 0.1) is 0 Å². The highest BCUT2D eigenvalue weighted by molar-refractivity contribution is 5.50. The second-order valence-electron chi connectivity index (χ2n) is 4.11. The first kappa shape index (κ1) is 16.4. The van der Waals surface area contributed by atoms with Crippen LogP contribution < -0.4 is 4.74 Å². The van der Waals surface area contributed by atoms with Crippen LogP contribution in [0.15, 0.2) is 24.3 Å². The van der Waals surface area contributed by atoms with E-state index in [1.54, 1.807) is 6.29 Å². The molecule has 0 atom stereocenters. The molecule has 0 unspecified atom stereocenters. The maximum absolute atomic E-state index is 12.6. The van der Waals surface area contributed by atoms with Crippen LogP contribution in [0.25, 0.3) is 0 Å². The minimum atomic E-state index is -5.75. The van der Waals surface area contributed by atoms with Crippen molar-refractivity contribution in [3.05, 3.63) is 29.8 Å². The summed E-state index contributed by atoms with van der Waals surface area (Å²) in [5, 5.41) is 0. The van der Waals surface area contributed by atoms with Crippen molar-refractivity contribution >= 4 is 6.29 Å². The van der Waals surface area contributed by atoms with E-state index in [-0.39, 0.29) is 0 Å². The summed E-state index contributed by atoms with van der Waals surface area (Å²) in [6.45, 7) is 0. The van der Waals surface area contributed by atoms with Gasteiger partial charge in [-0.1, -0.05) is 12.1 Å². The van der Waals surface area contributed by atoms with E-state index < -0.39 is 18.0 Å². The first-order valence-electron chi connectivity index (χ1n) is 5.84. The van der Waals surface area contributed by atoms with Gasteiger partial charge in [-0.25, -0.2) is 0 Å². The Hall–Kier alpha value is -1.66. The van der Waals surface area contributed by atoms with Crippen molar-refractivity contribution in [2.75, 3.05) is 0 Å². The number of ether oxygens (including phenoxy) is 1. The Balaban J connectivity index is 2.56. The Labute approximate surface area is 112 Å². The second-order valence-corrected chi connectivity index (χ2v) is 4.11. The quantitative estimate of drug-likeness (QED) is 0.560. The number of hydrogen-bond acceptors (Lipinski definition) is 2. The summed E-state index contributed by atoms with van der Waals surface area (Å²) in [6, 6.07) is 4.93. The Morgan fingerprint density at radius 1 is 1.00 bits per heavy atom. The molecule has 0 aliphatic heterocycles. The van der Waals surface area contributed by atoms with E-state index in [0.29, 0.717) is 25.7 Å². The zero-order valence-corrected chi connectivity index (χ0v) is 10.3. The smallest absolute Gasteiger partial charge is 0.426 e. The fourth-order valence-corrected chi connectivity index (χ4v) is 1.46. The standard InChI is InChI=1S/C13H12F5O2/c14-12(15,16)13(17,18)20-11-7-5-10(6-8-11)4-2-1-3-9-19/h5-8H,1-4H2. The highest BCUT2D eigenvalue weighted by Crippen LogP contribution is 2.37. The molecule has 20 heavy (non-hydrogen) atoms. The molecular weight excluding hydrogens is 283 g/mol. The van der Waals surface area contributed by atoms with E-state index in [0.717, 1.165) is 17.7 Å². The van der Waals surface area contributed by atoms with Gasteiger partial charge >= 0.3 is 12.3 Å². The van der Waals surface area contributed by atoms with Crippen LogP contribution in [0.2, 0.25) is 0 Å². The van der Waals surface area contributed by atoms with Gasteiger partial charge in [0.05, 0.1) is 0 Å². The molecule has 0 aliphatic carbocycles. The molecule has 0 heterocycles. The van der Waals surface area contributed by atoms with Crippen LogP contribution in [0.4, 0.5) is 22.0 Å².